The first-order valence-corrected chi connectivity index (χ1v) is 8.99. The molecule has 1 amide bonds. The van der Waals surface area contributed by atoms with Crippen LogP contribution >= 0.6 is 0 Å². The van der Waals surface area contributed by atoms with Crippen LogP contribution in [0.25, 0.3) is 0 Å². The lowest BCUT2D eigenvalue weighted by atomic mass is 9.98. The number of nitrogens with zero attached hydrogens (tertiary/aromatic N) is 2. The van der Waals surface area contributed by atoms with Crippen LogP contribution in [-0.4, -0.2) is 15.9 Å². The highest BCUT2D eigenvalue weighted by Crippen LogP contribution is 2.20. The summed E-state index contributed by atoms with van der Waals surface area (Å²) in [7, 11) is 0. The quantitative estimate of drug-likeness (QED) is 0.679. The van der Waals surface area contributed by atoms with Gasteiger partial charge in [-0.05, 0) is 54.3 Å². The predicted molar refractivity (Wildman–Crippen MR) is 106 cm³/mol. The molecule has 3 rings (SSSR count). The number of amides is 1. The summed E-state index contributed by atoms with van der Waals surface area (Å²) in [5.74, 6) is -0.0541. The van der Waals surface area contributed by atoms with E-state index in [-0.39, 0.29) is 5.91 Å². The van der Waals surface area contributed by atoms with Gasteiger partial charge in [-0.3, -0.25) is 20.1 Å². The van der Waals surface area contributed by atoms with Gasteiger partial charge in [-0.2, -0.15) is 0 Å². The average Bonchev–Trinajstić information content (AvgIpc) is 2.70. The van der Waals surface area contributed by atoms with E-state index in [1.54, 1.807) is 24.8 Å². The van der Waals surface area contributed by atoms with Crippen molar-refractivity contribution in [3.63, 3.8) is 0 Å². The molecule has 27 heavy (non-hydrogen) atoms. The summed E-state index contributed by atoms with van der Waals surface area (Å²) >= 11 is 0. The van der Waals surface area contributed by atoms with Gasteiger partial charge in [0.15, 0.2) is 0 Å². The molecule has 138 valence electrons. The third kappa shape index (κ3) is 5.21. The maximum atomic E-state index is 13.0. The lowest BCUT2D eigenvalue weighted by Crippen LogP contribution is -2.37. The van der Waals surface area contributed by atoms with E-state index < -0.39 is 6.04 Å². The standard InChI is InChI=1S/C22H24N4O/c1-16-5-6-17(2)20(12-16)21(25-14-18-7-10-23-11-8-18)22(27)26-15-19-4-3-9-24-13-19/h3-13,21,25H,14-15H2,1-2H3,(H,26,27). The minimum Gasteiger partial charge on any atom is -0.350 e. The highest BCUT2D eigenvalue weighted by molar-refractivity contribution is 5.83. The molecule has 0 saturated carbocycles. The number of hydrogen-bond acceptors (Lipinski definition) is 4. The fraction of sp³-hybridized carbons (Fsp3) is 0.227. The second-order valence-corrected chi connectivity index (χ2v) is 6.61. The molecule has 0 saturated heterocycles. The van der Waals surface area contributed by atoms with E-state index in [0.29, 0.717) is 13.1 Å². The van der Waals surface area contributed by atoms with Crippen molar-refractivity contribution in [2.75, 3.05) is 0 Å². The zero-order chi connectivity index (χ0) is 19.1. The van der Waals surface area contributed by atoms with Crippen molar-refractivity contribution < 1.29 is 4.79 Å². The largest absolute Gasteiger partial charge is 0.350 e. The molecule has 3 aromatic rings. The lowest BCUT2D eigenvalue weighted by Gasteiger charge is -2.21. The number of carbonyl (C=O) groups is 1. The molecule has 1 aromatic carbocycles. The molecule has 0 fully saturated rings. The number of pyridine rings is 2. The summed E-state index contributed by atoms with van der Waals surface area (Å²) in [6.07, 6.45) is 7.00. The highest BCUT2D eigenvalue weighted by Gasteiger charge is 2.22. The predicted octanol–water partition coefficient (Wildman–Crippen LogP) is 3.24. The minimum atomic E-state index is -0.435. The van der Waals surface area contributed by atoms with Gasteiger partial charge in [-0.15, -0.1) is 0 Å². The Bertz CT molecular complexity index is 881. The van der Waals surface area contributed by atoms with Crippen LogP contribution in [-0.2, 0) is 17.9 Å². The summed E-state index contributed by atoms with van der Waals surface area (Å²) < 4.78 is 0. The molecule has 5 nitrogen and oxygen atoms in total. The normalized spacial score (nSPS) is 11.8. The summed E-state index contributed by atoms with van der Waals surface area (Å²) in [5, 5.41) is 6.43. The second-order valence-electron chi connectivity index (χ2n) is 6.61. The fourth-order valence-electron chi connectivity index (χ4n) is 2.93. The Kier molecular flexibility index (Phi) is 6.28. The van der Waals surface area contributed by atoms with Crippen LogP contribution in [0.5, 0.6) is 0 Å². The molecular formula is C22H24N4O. The first-order chi connectivity index (χ1) is 13.1. The Balaban J connectivity index is 1.77. The topological polar surface area (TPSA) is 66.9 Å². The van der Waals surface area contributed by atoms with E-state index in [0.717, 1.165) is 27.8 Å². The molecule has 1 unspecified atom stereocenters. The number of hydrogen-bond donors (Lipinski definition) is 2. The molecule has 0 aliphatic carbocycles. The van der Waals surface area contributed by atoms with Crippen LogP contribution in [0.15, 0.2) is 67.3 Å². The van der Waals surface area contributed by atoms with Gasteiger partial charge in [0.25, 0.3) is 0 Å². The Morgan fingerprint density at radius 2 is 1.78 bits per heavy atom. The van der Waals surface area contributed by atoms with Crippen LogP contribution in [0.4, 0.5) is 0 Å². The van der Waals surface area contributed by atoms with Crippen molar-refractivity contribution in [3.05, 3.63) is 95.1 Å². The Hall–Kier alpha value is -3.05. The molecule has 1 atom stereocenters. The maximum Gasteiger partial charge on any atom is 0.242 e. The van der Waals surface area contributed by atoms with Crippen molar-refractivity contribution in [1.82, 2.24) is 20.6 Å². The van der Waals surface area contributed by atoms with Crippen molar-refractivity contribution in [1.29, 1.82) is 0 Å². The first kappa shape index (κ1) is 18.7. The Morgan fingerprint density at radius 1 is 0.963 bits per heavy atom. The number of benzene rings is 1. The van der Waals surface area contributed by atoms with E-state index in [1.807, 2.05) is 38.1 Å². The monoisotopic (exact) mass is 360 g/mol. The molecule has 0 aliphatic rings. The van der Waals surface area contributed by atoms with E-state index in [1.165, 1.54) is 0 Å². The first-order valence-electron chi connectivity index (χ1n) is 8.99. The average molecular weight is 360 g/mol. The van der Waals surface area contributed by atoms with Crippen molar-refractivity contribution in [2.24, 2.45) is 0 Å². The van der Waals surface area contributed by atoms with Crippen LogP contribution in [0.1, 0.15) is 33.9 Å². The highest BCUT2D eigenvalue weighted by atomic mass is 16.2. The van der Waals surface area contributed by atoms with Gasteiger partial charge in [0.1, 0.15) is 6.04 Å². The smallest absolute Gasteiger partial charge is 0.242 e. The van der Waals surface area contributed by atoms with Crippen molar-refractivity contribution in [2.45, 2.75) is 33.0 Å². The van der Waals surface area contributed by atoms with Crippen LogP contribution < -0.4 is 10.6 Å². The molecule has 0 bridgehead atoms. The lowest BCUT2D eigenvalue weighted by molar-refractivity contribution is -0.123. The van der Waals surface area contributed by atoms with Crippen LogP contribution in [0, 0.1) is 13.8 Å². The molecule has 2 heterocycles. The van der Waals surface area contributed by atoms with Gasteiger partial charge >= 0.3 is 0 Å². The maximum absolute atomic E-state index is 13.0. The Morgan fingerprint density at radius 3 is 2.52 bits per heavy atom. The van der Waals surface area contributed by atoms with E-state index in [2.05, 4.69) is 38.8 Å². The van der Waals surface area contributed by atoms with E-state index in [9.17, 15) is 4.79 Å². The number of aromatic nitrogens is 2. The van der Waals surface area contributed by atoms with E-state index >= 15 is 0 Å². The zero-order valence-corrected chi connectivity index (χ0v) is 15.6. The van der Waals surface area contributed by atoms with Gasteiger partial charge in [0.05, 0.1) is 0 Å². The number of aryl methyl sites for hydroxylation is 2. The van der Waals surface area contributed by atoms with Crippen LogP contribution in [0.2, 0.25) is 0 Å². The fourth-order valence-corrected chi connectivity index (χ4v) is 2.93. The van der Waals surface area contributed by atoms with E-state index in [4.69, 9.17) is 0 Å². The number of carbonyl (C=O) groups excluding carboxylic acids is 1. The molecule has 0 spiro atoms. The molecular weight excluding hydrogens is 336 g/mol. The van der Waals surface area contributed by atoms with Gasteiger partial charge in [0, 0.05) is 37.9 Å². The summed E-state index contributed by atoms with van der Waals surface area (Å²) in [5.41, 5.74) is 5.27. The summed E-state index contributed by atoms with van der Waals surface area (Å²) in [6, 6.07) is 13.5. The van der Waals surface area contributed by atoms with Gasteiger partial charge < -0.3 is 5.32 Å². The zero-order valence-electron chi connectivity index (χ0n) is 15.6. The molecule has 0 radical (unpaired) electrons. The summed E-state index contributed by atoms with van der Waals surface area (Å²) in [6.45, 7) is 5.10. The third-order valence-corrected chi connectivity index (χ3v) is 4.46. The third-order valence-electron chi connectivity index (χ3n) is 4.46. The van der Waals surface area contributed by atoms with Crippen LogP contribution in [0.3, 0.4) is 0 Å². The number of nitrogens with one attached hydrogen (secondary N) is 2. The second kappa shape index (κ2) is 9.05. The van der Waals surface area contributed by atoms with Gasteiger partial charge in [-0.1, -0.05) is 29.8 Å². The number of rotatable bonds is 7. The molecule has 2 N–H and O–H groups in total. The van der Waals surface area contributed by atoms with Gasteiger partial charge in [-0.25, -0.2) is 0 Å². The summed E-state index contributed by atoms with van der Waals surface area (Å²) in [4.78, 5) is 21.1. The van der Waals surface area contributed by atoms with Gasteiger partial charge in [0.2, 0.25) is 5.91 Å². The minimum absolute atomic E-state index is 0.0541. The molecule has 5 heteroatoms. The molecule has 2 aromatic heterocycles. The molecule has 0 aliphatic heterocycles. The van der Waals surface area contributed by atoms with Crippen molar-refractivity contribution >= 4 is 5.91 Å². The Labute approximate surface area is 159 Å². The SMILES string of the molecule is Cc1ccc(C)c(C(NCc2ccncc2)C(=O)NCc2cccnc2)c1. The van der Waals surface area contributed by atoms with Crippen molar-refractivity contribution in [3.8, 4) is 0 Å².